The van der Waals surface area contributed by atoms with Gasteiger partial charge in [-0.3, -0.25) is 4.79 Å². The Hall–Kier alpha value is -0.610. The lowest BCUT2D eigenvalue weighted by molar-refractivity contribution is -0.121. The second kappa shape index (κ2) is 6.08. The van der Waals surface area contributed by atoms with Crippen LogP contribution in [-0.2, 0) is 9.53 Å². The summed E-state index contributed by atoms with van der Waals surface area (Å²) < 4.78 is 5.29. The van der Waals surface area contributed by atoms with Crippen LogP contribution in [0.5, 0.6) is 0 Å². The average Bonchev–Trinajstić information content (AvgIpc) is 2.67. The van der Waals surface area contributed by atoms with Gasteiger partial charge in [0.15, 0.2) is 0 Å². The quantitative estimate of drug-likeness (QED) is 0.701. The number of rotatable bonds is 5. The summed E-state index contributed by atoms with van der Waals surface area (Å²) in [6.45, 7) is 8.11. The molecule has 2 atom stereocenters. The third kappa shape index (κ3) is 4.62. The molecule has 0 aromatic heterocycles. The molecule has 88 valence electrons. The van der Waals surface area contributed by atoms with E-state index in [2.05, 4.69) is 10.6 Å². The first-order chi connectivity index (χ1) is 7.09. The van der Waals surface area contributed by atoms with Crippen molar-refractivity contribution in [2.75, 3.05) is 19.8 Å². The lowest BCUT2D eigenvalue weighted by Crippen LogP contribution is -2.43. The highest BCUT2D eigenvalue weighted by molar-refractivity contribution is 5.78. The maximum atomic E-state index is 11.5. The number of ether oxygens (including phenoxy) is 1. The predicted molar refractivity (Wildman–Crippen MR) is 59.7 cm³/mol. The first-order valence-electron chi connectivity index (χ1n) is 5.70. The van der Waals surface area contributed by atoms with Gasteiger partial charge in [-0.05, 0) is 13.3 Å². The van der Waals surface area contributed by atoms with Crippen LogP contribution in [0.25, 0.3) is 0 Å². The van der Waals surface area contributed by atoms with Crippen molar-refractivity contribution in [1.29, 1.82) is 0 Å². The fraction of sp³-hybridized carbons (Fsp3) is 0.909. The van der Waals surface area contributed by atoms with Gasteiger partial charge in [0, 0.05) is 24.6 Å². The van der Waals surface area contributed by atoms with Crippen molar-refractivity contribution in [3.05, 3.63) is 0 Å². The van der Waals surface area contributed by atoms with Gasteiger partial charge in [-0.15, -0.1) is 0 Å². The van der Waals surface area contributed by atoms with E-state index in [4.69, 9.17) is 4.74 Å². The fourth-order valence-corrected chi connectivity index (χ4v) is 1.67. The van der Waals surface area contributed by atoms with E-state index in [1.165, 1.54) is 0 Å². The highest BCUT2D eigenvalue weighted by Crippen LogP contribution is 2.15. The Balaban J connectivity index is 2.18. The third-order valence-corrected chi connectivity index (χ3v) is 2.73. The molecular weight excluding hydrogens is 192 g/mol. The Labute approximate surface area is 91.8 Å². The van der Waals surface area contributed by atoms with E-state index in [1.54, 1.807) is 0 Å². The number of nitrogens with one attached hydrogen (secondary N) is 2. The molecule has 0 aromatic carbocycles. The minimum absolute atomic E-state index is 0.0723. The monoisotopic (exact) mass is 214 g/mol. The first-order valence-corrected chi connectivity index (χ1v) is 5.70. The van der Waals surface area contributed by atoms with Crippen LogP contribution < -0.4 is 10.6 Å². The minimum Gasteiger partial charge on any atom is -0.381 e. The Kier molecular flexibility index (Phi) is 5.05. The molecule has 0 bridgehead atoms. The molecule has 4 nitrogen and oxygen atoms in total. The molecule has 0 aliphatic carbocycles. The molecule has 1 fully saturated rings. The summed E-state index contributed by atoms with van der Waals surface area (Å²) in [5.74, 6) is 0.552. The van der Waals surface area contributed by atoms with Crippen molar-refractivity contribution in [2.24, 2.45) is 5.92 Å². The van der Waals surface area contributed by atoms with Crippen LogP contribution in [0.2, 0.25) is 0 Å². The van der Waals surface area contributed by atoms with Crippen LogP contribution in [-0.4, -0.2) is 37.7 Å². The molecule has 1 aliphatic heterocycles. The van der Waals surface area contributed by atoms with Crippen LogP contribution in [0, 0.1) is 5.92 Å². The molecule has 0 saturated carbocycles. The van der Waals surface area contributed by atoms with Gasteiger partial charge in [0.1, 0.15) is 0 Å². The molecule has 2 N–H and O–H groups in total. The minimum atomic E-state index is 0.0723. The zero-order valence-corrected chi connectivity index (χ0v) is 9.88. The molecule has 1 aliphatic rings. The summed E-state index contributed by atoms with van der Waals surface area (Å²) in [5, 5.41) is 6.09. The lowest BCUT2D eigenvalue weighted by atomic mass is 10.0. The molecule has 4 heteroatoms. The zero-order chi connectivity index (χ0) is 11.3. The lowest BCUT2D eigenvalue weighted by Gasteiger charge is -2.19. The standard InChI is InChI=1S/C11H22N2O2/c1-8(2)12-6-11(14)13-9(3)10-4-5-15-7-10/h8-10,12H,4-7H2,1-3H3,(H,13,14). The third-order valence-electron chi connectivity index (χ3n) is 2.73. The maximum absolute atomic E-state index is 11.5. The SMILES string of the molecule is CC(C)NCC(=O)NC(C)C1CCOC1. The summed E-state index contributed by atoms with van der Waals surface area (Å²) in [6.07, 6.45) is 1.05. The van der Waals surface area contributed by atoms with Gasteiger partial charge < -0.3 is 15.4 Å². The van der Waals surface area contributed by atoms with Crippen molar-refractivity contribution < 1.29 is 9.53 Å². The van der Waals surface area contributed by atoms with Crippen LogP contribution in [0.1, 0.15) is 27.2 Å². The molecule has 1 amide bonds. The van der Waals surface area contributed by atoms with E-state index in [9.17, 15) is 4.79 Å². The number of carbonyl (C=O) groups excluding carboxylic acids is 1. The normalized spacial score (nSPS) is 23.1. The van der Waals surface area contributed by atoms with Gasteiger partial charge >= 0.3 is 0 Å². The van der Waals surface area contributed by atoms with Crippen molar-refractivity contribution in [3.63, 3.8) is 0 Å². The van der Waals surface area contributed by atoms with Crippen molar-refractivity contribution >= 4 is 5.91 Å². The Morgan fingerprint density at radius 2 is 2.20 bits per heavy atom. The summed E-state index contributed by atoms with van der Waals surface area (Å²) >= 11 is 0. The highest BCUT2D eigenvalue weighted by Gasteiger charge is 2.23. The molecule has 1 saturated heterocycles. The van der Waals surface area contributed by atoms with E-state index in [-0.39, 0.29) is 11.9 Å². The predicted octanol–water partition coefficient (Wildman–Crippen LogP) is 0.526. The molecule has 0 radical (unpaired) electrons. The van der Waals surface area contributed by atoms with Crippen LogP contribution in [0.15, 0.2) is 0 Å². The van der Waals surface area contributed by atoms with Crippen molar-refractivity contribution in [1.82, 2.24) is 10.6 Å². The van der Waals surface area contributed by atoms with E-state index in [1.807, 2.05) is 20.8 Å². The number of amides is 1. The molecule has 15 heavy (non-hydrogen) atoms. The summed E-state index contributed by atoms with van der Waals surface area (Å²) in [6, 6.07) is 0.565. The van der Waals surface area contributed by atoms with Gasteiger partial charge in [-0.1, -0.05) is 13.8 Å². The fourth-order valence-electron chi connectivity index (χ4n) is 1.67. The summed E-state index contributed by atoms with van der Waals surface area (Å²) in [7, 11) is 0. The molecule has 2 unspecified atom stereocenters. The Bertz CT molecular complexity index is 201. The van der Waals surface area contributed by atoms with Gasteiger partial charge in [-0.25, -0.2) is 0 Å². The Morgan fingerprint density at radius 1 is 1.47 bits per heavy atom. The van der Waals surface area contributed by atoms with Crippen molar-refractivity contribution in [2.45, 2.75) is 39.3 Å². The summed E-state index contributed by atoms with van der Waals surface area (Å²) in [5.41, 5.74) is 0. The van der Waals surface area contributed by atoms with E-state index < -0.39 is 0 Å². The second-order valence-electron chi connectivity index (χ2n) is 4.52. The Morgan fingerprint density at radius 3 is 2.73 bits per heavy atom. The molecular formula is C11H22N2O2. The van der Waals surface area contributed by atoms with Crippen LogP contribution in [0.3, 0.4) is 0 Å². The number of hydrogen-bond donors (Lipinski definition) is 2. The average molecular weight is 214 g/mol. The smallest absolute Gasteiger partial charge is 0.234 e. The van der Waals surface area contributed by atoms with Gasteiger partial charge in [0.25, 0.3) is 0 Å². The number of hydrogen-bond acceptors (Lipinski definition) is 3. The largest absolute Gasteiger partial charge is 0.381 e. The van der Waals surface area contributed by atoms with Crippen molar-refractivity contribution in [3.8, 4) is 0 Å². The van der Waals surface area contributed by atoms with E-state index in [0.29, 0.717) is 18.5 Å². The van der Waals surface area contributed by atoms with Gasteiger partial charge in [0.2, 0.25) is 5.91 Å². The molecule has 0 spiro atoms. The highest BCUT2D eigenvalue weighted by atomic mass is 16.5. The van der Waals surface area contributed by atoms with E-state index >= 15 is 0 Å². The second-order valence-corrected chi connectivity index (χ2v) is 4.52. The maximum Gasteiger partial charge on any atom is 0.234 e. The molecule has 0 aromatic rings. The van der Waals surface area contributed by atoms with Crippen LogP contribution >= 0.6 is 0 Å². The molecule has 1 rings (SSSR count). The van der Waals surface area contributed by atoms with E-state index in [0.717, 1.165) is 19.6 Å². The zero-order valence-electron chi connectivity index (χ0n) is 9.88. The van der Waals surface area contributed by atoms with Gasteiger partial charge in [0.05, 0.1) is 13.2 Å². The van der Waals surface area contributed by atoms with Gasteiger partial charge in [-0.2, -0.15) is 0 Å². The first kappa shape index (κ1) is 12.5. The summed E-state index contributed by atoms with van der Waals surface area (Å²) in [4.78, 5) is 11.5. The number of carbonyl (C=O) groups is 1. The van der Waals surface area contributed by atoms with Crippen LogP contribution in [0.4, 0.5) is 0 Å². The molecule has 1 heterocycles. The topological polar surface area (TPSA) is 50.4 Å².